The summed E-state index contributed by atoms with van der Waals surface area (Å²) >= 11 is 0. The molecule has 0 bridgehead atoms. The largest absolute Gasteiger partial charge is 0.399 e. The number of carbonyl (C=O) groups is 2. The SMILES string of the molecule is CC[C@H](C)NC(=O)c1cc(N)cc(-c2cnc(N)c(=O)n2CC(=O)NCc2ccc(C(=N)N)cc2)c1. The zero-order valence-electron chi connectivity index (χ0n) is 20.2. The van der Waals surface area contributed by atoms with Gasteiger partial charge in [-0.3, -0.25) is 24.4 Å². The molecule has 11 nitrogen and oxygen atoms in total. The van der Waals surface area contributed by atoms with Gasteiger partial charge in [-0.2, -0.15) is 0 Å². The van der Waals surface area contributed by atoms with E-state index in [2.05, 4.69) is 15.6 Å². The Labute approximate surface area is 208 Å². The molecule has 0 radical (unpaired) electrons. The van der Waals surface area contributed by atoms with Gasteiger partial charge in [0.15, 0.2) is 5.82 Å². The van der Waals surface area contributed by atoms with Crippen LogP contribution in [0.15, 0.2) is 53.5 Å². The Hall–Kier alpha value is -4.67. The van der Waals surface area contributed by atoms with Gasteiger partial charge < -0.3 is 27.8 Å². The maximum atomic E-state index is 12.8. The number of nitrogens with one attached hydrogen (secondary N) is 3. The van der Waals surface area contributed by atoms with Gasteiger partial charge >= 0.3 is 0 Å². The smallest absolute Gasteiger partial charge is 0.294 e. The van der Waals surface area contributed by atoms with Crippen molar-refractivity contribution in [3.8, 4) is 11.3 Å². The van der Waals surface area contributed by atoms with Crippen LogP contribution in [0.4, 0.5) is 11.5 Å². The van der Waals surface area contributed by atoms with Crippen LogP contribution >= 0.6 is 0 Å². The predicted octanol–water partition coefficient (Wildman–Crippen LogP) is 1.20. The van der Waals surface area contributed by atoms with Crippen LogP contribution < -0.4 is 33.4 Å². The second-order valence-electron chi connectivity index (χ2n) is 8.43. The second-order valence-corrected chi connectivity index (χ2v) is 8.43. The molecule has 0 saturated carbocycles. The molecule has 9 N–H and O–H groups in total. The molecule has 0 unspecified atom stereocenters. The molecule has 0 aliphatic heterocycles. The number of anilines is 2. The number of benzene rings is 2. The summed E-state index contributed by atoms with van der Waals surface area (Å²) in [4.78, 5) is 42.2. The van der Waals surface area contributed by atoms with Crippen LogP contribution in [-0.4, -0.2) is 33.2 Å². The van der Waals surface area contributed by atoms with Crippen molar-refractivity contribution in [1.29, 1.82) is 5.41 Å². The van der Waals surface area contributed by atoms with Crippen molar-refractivity contribution in [1.82, 2.24) is 20.2 Å². The minimum absolute atomic E-state index is 0.0267. The van der Waals surface area contributed by atoms with Crippen molar-refractivity contribution in [2.45, 2.75) is 39.4 Å². The minimum Gasteiger partial charge on any atom is -0.399 e. The molecule has 1 heterocycles. The van der Waals surface area contributed by atoms with Gasteiger partial charge in [0.2, 0.25) is 5.91 Å². The summed E-state index contributed by atoms with van der Waals surface area (Å²) in [5.41, 5.74) is 19.3. The lowest BCUT2D eigenvalue weighted by atomic mass is 10.1. The van der Waals surface area contributed by atoms with E-state index in [9.17, 15) is 14.4 Å². The number of hydrogen-bond acceptors (Lipinski definition) is 7. The third-order valence-corrected chi connectivity index (χ3v) is 5.64. The van der Waals surface area contributed by atoms with Crippen LogP contribution in [0, 0.1) is 5.41 Å². The molecule has 0 aliphatic rings. The van der Waals surface area contributed by atoms with Crippen molar-refractivity contribution >= 4 is 29.2 Å². The van der Waals surface area contributed by atoms with Gasteiger partial charge in [-0.1, -0.05) is 31.2 Å². The van der Waals surface area contributed by atoms with E-state index < -0.39 is 11.5 Å². The Bertz CT molecular complexity index is 1350. The summed E-state index contributed by atoms with van der Waals surface area (Å²) in [6.07, 6.45) is 2.13. The number of nitrogens with zero attached hydrogens (tertiary/aromatic N) is 2. The lowest BCUT2D eigenvalue weighted by Crippen LogP contribution is -2.34. The molecule has 0 spiro atoms. The quantitative estimate of drug-likeness (QED) is 0.147. The summed E-state index contributed by atoms with van der Waals surface area (Å²) < 4.78 is 1.20. The number of nitrogen functional groups attached to an aromatic ring is 3. The van der Waals surface area contributed by atoms with Crippen molar-refractivity contribution < 1.29 is 9.59 Å². The summed E-state index contributed by atoms with van der Waals surface area (Å²) in [5, 5.41) is 13.1. The van der Waals surface area contributed by atoms with E-state index in [1.54, 1.807) is 42.5 Å². The van der Waals surface area contributed by atoms with Crippen LogP contribution in [0.2, 0.25) is 0 Å². The number of amidine groups is 1. The van der Waals surface area contributed by atoms with Crippen molar-refractivity contribution in [3.05, 3.63) is 75.7 Å². The van der Waals surface area contributed by atoms with Crippen LogP contribution in [0.3, 0.4) is 0 Å². The highest BCUT2D eigenvalue weighted by molar-refractivity contribution is 5.97. The highest BCUT2D eigenvalue weighted by atomic mass is 16.2. The Morgan fingerprint density at radius 3 is 2.44 bits per heavy atom. The van der Waals surface area contributed by atoms with Gasteiger partial charge in [0.05, 0.1) is 11.9 Å². The summed E-state index contributed by atoms with van der Waals surface area (Å²) in [7, 11) is 0. The molecule has 2 aromatic carbocycles. The molecule has 3 aromatic rings. The summed E-state index contributed by atoms with van der Waals surface area (Å²) in [5.74, 6) is -1.04. The van der Waals surface area contributed by atoms with Crippen LogP contribution in [0.25, 0.3) is 11.3 Å². The average molecular weight is 491 g/mol. The fourth-order valence-electron chi connectivity index (χ4n) is 3.43. The Morgan fingerprint density at radius 2 is 1.81 bits per heavy atom. The van der Waals surface area contributed by atoms with E-state index in [4.69, 9.17) is 22.6 Å². The van der Waals surface area contributed by atoms with Gasteiger partial charge in [-0.05, 0) is 37.1 Å². The maximum Gasteiger partial charge on any atom is 0.294 e. The lowest BCUT2D eigenvalue weighted by molar-refractivity contribution is -0.121. The first-order valence-electron chi connectivity index (χ1n) is 11.4. The van der Waals surface area contributed by atoms with Gasteiger partial charge in [-0.15, -0.1) is 0 Å². The Morgan fingerprint density at radius 1 is 1.11 bits per heavy atom. The minimum atomic E-state index is -0.638. The molecular formula is C25H30N8O3. The summed E-state index contributed by atoms with van der Waals surface area (Å²) in [6.45, 7) is 3.74. The number of hydrogen-bond donors (Lipinski definition) is 6. The fourth-order valence-corrected chi connectivity index (χ4v) is 3.43. The highest BCUT2D eigenvalue weighted by Crippen LogP contribution is 2.23. The maximum absolute atomic E-state index is 12.8. The first-order valence-corrected chi connectivity index (χ1v) is 11.4. The molecular weight excluding hydrogens is 460 g/mol. The molecule has 1 atom stereocenters. The van der Waals surface area contributed by atoms with E-state index in [1.807, 2.05) is 13.8 Å². The number of amides is 2. The van der Waals surface area contributed by atoms with E-state index in [0.29, 0.717) is 28.1 Å². The van der Waals surface area contributed by atoms with E-state index in [0.717, 1.165) is 12.0 Å². The molecule has 1 aromatic heterocycles. The number of aromatic nitrogens is 2. The molecule has 2 amide bonds. The monoisotopic (exact) mass is 490 g/mol. The predicted molar refractivity (Wildman–Crippen MR) is 139 cm³/mol. The molecule has 11 heteroatoms. The molecule has 188 valence electrons. The van der Waals surface area contributed by atoms with Crippen molar-refractivity contribution in [2.75, 3.05) is 11.5 Å². The van der Waals surface area contributed by atoms with E-state index in [-0.39, 0.29) is 36.7 Å². The van der Waals surface area contributed by atoms with Crippen LogP contribution in [0.5, 0.6) is 0 Å². The Balaban J connectivity index is 1.86. The second kappa shape index (κ2) is 11.2. The molecule has 0 aliphatic carbocycles. The topological polar surface area (TPSA) is 195 Å². The molecule has 36 heavy (non-hydrogen) atoms. The average Bonchev–Trinajstić information content (AvgIpc) is 2.85. The fraction of sp³-hybridized carbons (Fsp3) is 0.240. The van der Waals surface area contributed by atoms with E-state index >= 15 is 0 Å². The van der Waals surface area contributed by atoms with Crippen molar-refractivity contribution in [2.24, 2.45) is 5.73 Å². The van der Waals surface area contributed by atoms with Gasteiger partial charge in [-0.25, -0.2) is 4.98 Å². The number of carbonyl (C=O) groups excluding carboxylic acids is 2. The van der Waals surface area contributed by atoms with Gasteiger partial charge in [0.25, 0.3) is 11.5 Å². The summed E-state index contributed by atoms with van der Waals surface area (Å²) in [6, 6.07) is 11.6. The van der Waals surface area contributed by atoms with Gasteiger partial charge in [0.1, 0.15) is 12.4 Å². The first kappa shape index (κ1) is 25.9. The molecule has 0 fully saturated rings. The van der Waals surface area contributed by atoms with E-state index in [1.165, 1.54) is 10.8 Å². The zero-order valence-corrected chi connectivity index (χ0v) is 20.2. The van der Waals surface area contributed by atoms with Crippen LogP contribution in [-0.2, 0) is 17.9 Å². The standard InChI is InChI=1S/C25H30N8O3/c1-3-14(2)32-24(35)18-8-17(9-19(26)10-18)20-12-31-23(29)25(36)33(20)13-21(34)30-11-15-4-6-16(7-5-15)22(27)28/h4-10,12,14H,3,11,13,26H2,1-2H3,(H3,27,28)(H2,29,31)(H,30,34)(H,32,35)/t14-/m0/s1. The third-order valence-electron chi connectivity index (χ3n) is 5.64. The number of rotatable bonds is 9. The molecule has 0 saturated heterocycles. The normalized spacial score (nSPS) is 11.5. The van der Waals surface area contributed by atoms with Crippen molar-refractivity contribution in [3.63, 3.8) is 0 Å². The highest BCUT2D eigenvalue weighted by Gasteiger charge is 2.17. The zero-order chi connectivity index (χ0) is 26.4. The first-order chi connectivity index (χ1) is 17.1. The van der Waals surface area contributed by atoms with Gasteiger partial charge in [0, 0.05) is 35.0 Å². The molecule has 3 rings (SSSR count). The third kappa shape index (κ3) is 6.26. The lowest BCUT2D eigenvalue weighted by Gasteiger charge is -2.16. The van der Waals surface area contributed by atoms with Crippen LogP contribution in [0.1, 0.15) is 41.8 Å². The Kier molecular flexibility index (Phi) is 8.05. The number of nitrogens with two attached hydrogens (primary N) is 3.